The first-order chi connectivity index (χ1) is 14.9. The maximum atomic E-state index is 13.1. The summed E-state index contributed by atoms with van der Waals surface area (Å²) in [5, 5.41) is 8.60. The Morgan fingerprint density at radius 2 is 1.58 bits per heavy atom. The summed E-state index contributed by atoms with van der Waals surface area (Å²) in [5.41, 5.74) is 0. The summed E-state index contributed by atoms with van der Waals surface area (Å²) < 4.78 is 39.9. The van der Waals surface area contributed by atoms with Crippen molar-refractivity contribution in [2.45, 2.75) is 11.8 Å². The second-order valence-corrected chi connectivity index (χ2v) is 8.94. The summed E-state index contributed by atoms with van der Waals surface area (Å²) >= 11 is 0. The molecular formula is C20H24N6O4S. The van der Waals surface area contributed by atoms with E-state index in [1.165, 1.54) is 30.7 Å². The van der Waals surface area contributed by atoms with Gasteiger partial charge < -0.3 is 14.4 Å². The van der Waals surface area contributed by atoms with E-state index in [9.17, 15) is 8.42 Å². The first-order valence-electron chi connectivity index (χ1n) is 9.75. The third-order valence-electron chi connectivity index (χ3n) is 5.26. The molecular weight excluding hydrogens is 420 g/mol. The van der Waals surface area contributed by atoms with Gasteiger partial charge in [-0.1, -0.05) is 0 Å². The average Bonchev–Trinajstić information content (AvgIpc) is 3.24. The van der Waals surface area contributed by atoms with Crippen molar-refractivity contribution in [1.82, 2.24) is 24.1 Å². The van der Waals surface area contributed by atoms with Crippen molar-refractivity contribution in [3.05, 3.63) is 48.5 Å². The average molecular weight is 445 g/mol. The Kier molecular flexibility index (Phi) is 5.79. The minimum Gasteiger partial charge on any atom is -0.493 e. The number of hydrogen-bond acceptors (Lipinski definition) is 8. The van der Waals surface area contributed by atoms with E-state index >= 15 is 0 Å². The first kappa shape index (κ1) is 21.1. The number of sulfonamides is 1. The Balaban J connectivity index is 1.45. The number of aryl methyl sites for hydroxylation is 1. The molecule has 0 spiro atoms. The molecule has 1 aliphatic rings. The van der Waals surface area contributed by atoms with E-state index < -0.39 is 10.0 Å². The van der Waals surface area contributed by atoms with Gasteiger partial charge in [-0.2, -0.15) is 4.31 Å². The molecule has 31 heavy (non-hydrogen) atoms. The van der Waals surface area contributed by atoms with Crippen LogP contribution in [0, 0.1) is 6.92 Å². The van der Waals surface area contributed by atoms with Crippen LogP contribution in [0.2, 0.25) is 0 Å². The molecule has 11 heteroatoms. The van der Waals surface area contributed by atoms with Gasteiger partial charge in [0.15, 0.2) is 23.1 Å². The van der Waals surface area contributed by atoms with Crippen LogP contribution in [0.3, 0.4) is 0 Å². The van der Waals surface area contributed by atoms with Crippen LogP contribution in [0.25, 0.3) is 5.82 Å². The van der Waals surface area contributed by atoms with Crippen LogP contribution in [0.15, 0.2) is 47.6 Å². The summed E-state index contributed by atoms with van der Waals surface area (Å²) in [4.78, 5) is 6.39. The van der Waals surface area contributed by atoms with Gasteiger partial charge in [0.1, 0.15) is 5.82 Å². The van der Waals surface area contributed by atoms with E-state index in [4.69, 9.17) is 9.47 Å². The number of piperazine rings is 1. The standard InChI is InChI=1S/C20H24N6O4S/c1-15-21-8-9-26(15)20-7-6-19(22-23-20)24-10-12-25(13-11-24)31(27,28)16-4-5-17(29-2)18(14-16)30-3/h4-9,14H,10-13H2,1-3H3. The maximum Gasteiger partial charge on any atom is 0.243 e. The van der Waals surface area contributed by atoms with Gasteiger partial charge in [-0.05, 0) is 31.2 Å². The molecule has 0 saturated carbocycles. The molecule has 0 N–H and O–H groups in total. The summed E-state index contributed by atoms with van der Waals surface area (Å²) in [7, 11) is -0.651. The lowest BCUT2D eigenvalue weighted by Crippen LogP contribution is -2.49. The van der Waals surface area contributed by atoms with Crippen LogP contribution in [0.5, 0.6) is 11.5 Å². The van der Waals surface area contributed by atoms with Crippen molar-refractivity contribution in [2.75, 3.05) is 45.3 Å². The molecule has 1 saturated heterocycles. The highest BCUT2D eigenvalue weighted by molar-refractivity contribution is 7.89. The SMILES string of the molecule is COc1ccc(S(=O)(=O)N2CCN(c3ccc(-n4ccnc4C)nn3)CC2)cc1OC. The number of aromatic nitrogens is 4. The van der Waals surface area contributed by atoms with Crippen molar-refractivity contribution in [3.63, 3.8) is 0 Å². The molecule has 2 aromatic heterocycles. The lowest BCUT2D eigenvalue weighted by Gasteiger charge is -2.34. The quantitative estimate of drug-likeness (QED) is 0.564. The number of hydrogen-bond donors (Lipinski definition) is 0. The van der Waals surface area contributed by atoms with Crippen molar-refractivity contribution < 1.29 is 17.9 Å². The van der Waals surface area contributed by atoms with Crippen LogP contribution in [-0.4, -0.2) is 72.9 Å². The van der Waals surface area contributed by atoms with Crippen LogP contribution < -0.4 is 14.4 Å². The normalized spacial score (nSPS) is 15.1. The molecule has 0 aliphatic carbocycles. The zero-order valence-electron chi connectivity index (χ0n) is 17.6. The number of ether oxygens (including phenoxy) is 2. The molecule has 1 aromatic carbocycles. The Morgan fingerprint density at radius 1 is 0.903 bits per heavy atom. The highest BCUT2D eigenvalue weighted by Crippen LogP contribution is 2.31. The Morgan fingerprint density at radius 3 is 2.16 bits per heavy atom. The maximum absolute atomic E-state index is 13.1. The molecule has 0 unspecified atom stereocenters. The minimum absolute atomic E-state index is 0.179. The van der Waals surface area contributed by atoms with Gasteiger partial charge in [-0.15, -0.1) is 10.2 Å². The molecule has 1 fully saturated rings. The van der Waals surface area contributed by atoms with Crippen molar-refractivity contribution in [3.8, 4) is 17.3 Å². The highest BCUT2D eigenvalue weighted by Gasteiger charge is 2.30. The summed E-state index contributed by atoms with van der Waals surface area (Å²) in [6, 6.07) is 8.39. The molecule has 0 radical (unpaired) electrons. The smallest absolute Gasteiger partial charge is 0.243 e. The van der Waals surface area contributed by atoms with Gasteiger partial charge in [0.2, 0.25) is 10.0 Å². The largest absolute Gasteiger partial charge is 0.493 e. The van der Waals surface area contributed by atoms with Crippen LogP contribution >= 0.6 is 0 Å². The zero-order chi connectivity index (χ0) is 22.0. The summed E-state index contributed by atoms with van der Waals surface area (Å²) in [6.45, 7) is 3.63. The van der Waals surface area contributed by atoms with Crippen LogP contribution in [-0.2, 0) is 10.0 Å². The van der Waals surface area contributed by atoms with Crippen molar-refractivity contribution in [2.24, 2.45) is 0 Å². The molecule has 3 aromatic rings. The lowest BCUT2D eigenvalue weighted by atomic mass is 10.3. The number of imidazole rings is 1. The van der Waals surface area contributed by atoms with E-state index in [0.717, 1.165) is 5.82 Å². The van der Waals surface area contributed by atoms with Crippen molar-refractivity contribution in [1.29, 1.82) is 0 Å². The summed E-state index contributed by atoms with van der Waals surface area (Å²) in [5.74, 6) is 3.10. The molecule has 3 heterocycles. The molecule has 1 aliphatic heterocycles. The fraction of sp³-hybridized carbons (Fsp3) is 0.350. The molecule has 10 nitrogen and oxygen atoms in total. The fourth-order valence-corrected chi connectivity index (χ4v) is 4.96. The predicted octanol–water partition coefficient (Wildman–Crippen LogP) is 1.50. The van der Waals surface area contributed by atoms with E-state index in [1.54, 1.807) is 12.3 Å². The van der Waals surface area contributed by atoms with E-state index in [0.29, 0.717) is 49.3 Å². The molecule has 164 valence electrons. The van der Waals surface area contributed by atoms with Crippen molar-refractivity contribution >= 4 is 15.8 Å². The van der Waals surface area contributed by atoms with Gasteiger partial charge in [-0.3, -0.25) is 4.57 Å². The molecule has 0 amide bonds. The van der Waals surface area contributed by atoms with E-state index in [2.05, 4.69) is 15.2 Å². The van der Waals surface area contributed by atoms with Gasteiger partial charge >= 0.3 is 0 Å². The van der Waals surface area contributed by atoms with Gasteiger partial charge in [-0.25, -0.2) is 13.4 Å². The monoisotopic (exact) mass is 444 g/mol. The van der Waals surface area contributed by atoms with Crippen LogP contribution in [0.1, 0.15) is 5.82 Å². The van der Waals surface area contributed by atoms with Crippen LogP contribution in [0.4, 0.5) is 5.82 Å². The van der Waals surface area contributed by atoms with Gasteiger partial charge in [0.05, 0.1) is 19.1 Å². The predicted molar refractivity (Wildman–Crippen MR) is 114 cm³/mol. The lowest BCUT2D eigenvalue weighted by molar-refractivity contribution is 0.353. The molecule has 4 rings (SSSR count). The number of anilines is 1. The third-order valence-corrected chi connectivity index (χ3v) is 7.16. The minimum atomic E-state index is -3.64. The van der Waals surface area contributed by atoms with E-state index in [-0.39, 0.29) is 4.90 Å². The highest BCUT2D eigenvalue weighted by atomic mass is 32.2. The fourth-order valence-electron chi connectivity index (χ4n) is 3.52. The molecule has 0 atom stereocenters. The number of benzene rings is 1. The van der Waals surface area contributed by atoms with Gasteiger partial charge in [0, 0.05) is 44.6 Å². The number of methoxy groups -OCH3 is 2. The Labute approximate surface area is 181 Å². The third kappa shape index (κ3) is 4.06. The number of rotatable bonds is 6. The zero-order valence-corrected chi connectivity index (χ0v) is 18.4. The second-order valence-electron chi connectivity index (χ2n) is 7.00. The molecule has 0 bridgehead atoms. The first-order valence-corrected chi connectivity index (χ1v) is 11.2. The van der Waals surface area contributed by atoms with Gasteiger partial charge in [0.25, 0.3) is 0 Å². The van der Waals surface area contributed by atoms with E-state index in [1.807, 2.05) is 34.7 Å². The summed E-state index contributed by atoms with van der Waals surface area (Å²) in [6.07, 6.45) is 3.54. The Bertz CT molecular complexity index is 1150. The second kappa shape index (κ2) is 8.52. The Hall–Kier alpha value is -3.18. The topological polar surface area (TPSA) is 103 Å². The number of nitrogens with zero attached hydrogens (tertiary/aromatic N) is 6.